The molecule has 0 saturated carbocycles. The lowest BCUT2D eigenvalue weighted by Gasteiger charge is -2.26. The van der Waals surface area contributed by atoms with Gasteiger partial charge < -0.3 is 19.4 Å². The maximum atomic E-state index is 6.34. The Kier molecular flexibility index (Phi) is 5.83. The Labute approximate surface area is 196 Å². The van der Waals surface area contributed by atoms with Gasteiger partial charge in [0.25, 0.3) is 0 Å². The molecule has 2 atom stereocenters. The normalized spacial score (nSPS) is 17.9. The summed E-state index contributed by atoms with van der Waals surface area (Å²) in [4.78, 5) is 7.79. The number of hydrogen-bond donors (Lipinski definition) is 1. The van der Waals surface area contributed by atoms with Crippen LogP contribution >= 0.6 is 24.0 Å². The molecule has 0 unspecified atom stereocenters. The molecular formula is C25H21N3O2S2. The number of methoxy groups -OCH3 is 1. The summed E-state index contributed by atoms with van der Waals surface area (Å²) < 4.78 is 11.8. The van der Waals surface area contributed by atoms with Crippen molar-refractivity contribution in [1.29, 1.82) is 0 Å². The van der Waals surface area contributed by atoms with Gasteiger partial charge in [0.05, 0.1) is 18.8 Å². The van der Waals surface area contributed by atoms with E-state index in [1.807, 2.05) is 72.8 Å². The minimum Gasteiger partial charge on any atom is -0.497 e. The maximum absolute atomic E-state index is 6.34. The summed E-state index contributed by atoms with van der Waals surface area (Å²) in [6.07, 6.45) is 1.80. The molecule has 2 aromatic carbocycles. The molecule has 5 rings (SSSR count). The quantitative estimate of drug-likeness (QED) is 0.354. The third kappa shape index (κ3) is 4.09. The summed E-state index contributed by atoms with van der Waals surface area (Å²) in [5.74, 6) is 1.58. The fourth-order valence-corrected chi connectivity index (χ4v) is 4.98. The van der Waals surface area contributed by atoms with Gasteiger partial charge in [0.15, 0.2) is 10.2 Å². The molecule has 160 valence electrons. The van der Waals surface area contributed by atoms with Crippen molar-refractivity contribution in [3.8, 4) is 5.75 Å². The second kappa shape index (κ2) is 9.06. The lowest BCUT2D eigenvalue weighted by Crippen LogP contribution is -2.29. The summed E-state index contributed by atoms with van der Waals surface area (Å²) >= 11 is 7.36. The van der Waals surface area contributed by atoms with E-state index in [9.17, 15) is 0 Å². The molecule has 0 amide bonds. The number of thiocarbonyl (C=S) groups is 1. The summed E-state index contributed by atoms with van der Waals surface area (Å²) in [5, 5.41) is 4.90. The molecule has 32 heavy (non-hydrogen) atoms. The molecule has 1 aliphatic rings. The minimum absolute atomic E-state index is 0.157. The lowest BCUT2D eigenvalue weighted by atomic mass is 10.0. The molecule has 4 aromatic rings. The topological polar surface area (TPSA) is 50.5 Å². The predicted molar refractivity (Wildman–Crippen MR) is 130 cm³/mol. The van der Waals surface area contributed by atoms with Gasteiger partial charge in [0.2, 0.25) is 0 Å². The number of hydrogen-bond acceptors (Lipinski definition) is 5. The van der Waals surface area contributed by atoms with Crippen molar-refractivity contribution < 1.29 is 9.15 Å². The zero-order valence-corrected chi connectivity index (χ0v) is 19.0. The average Bonchev–Trinajstić information content (AvgIpc) is 3.44. The van der Waals surface area contributed by atoms with Crippen LogP contribution in [0.5, 0.6) is 5.75 Å². The third-order valence-electron chi connectivity index (χ3n) is 5.28. The largest absolute Gasteiger partial charge is 0.497 e. The van der Waals surface area contributed by atoms with E-state index in [1.54, 1.807) is 25.1 Å². The highest BCUT2D eigenvalue weighted by atomic mass is 32.2. The second-order valence-electron chi connectivity index (χ2n) is 7.27. The molecule has 1 saturated heterocycles. The van der Waals surface area contributed by atoms with Crippen LogP contribution in [0.25, 0.3) is 0 Å². The molecule has 1 aliphatic heterocycles. The minimum atomic E-state index is -0.199. The number of rotatable bonds is 6. The van der Waals surface area contributed by atoms with Crippen LogP contribution < -0.4 is 15.0 Å². The number of pyridine rings is 1. The Balaban J connectivity index is 1.54. The molecule has 0 aliphatic carbocycles. The first-order chi connectivity index (χ1) is 15.7. The Hall–Kier alpha value is -3.29. The molecular weight excluding hydrogens is 438 g/mol. The Bertz CT molecular complexity index is 1210. The number of aromatic nitrogens is 1. The van der Waals surface area contributed by atoms with Gasteiger partial charge in [-0.2, -0.15) is 0 Å². The molecule has 1 fully saturated rings. The Morgan fingerprint density at radius 1 is 1.00 bits per heavy atom. The molecule has 3 heterocycles. The number of furan rings is 1. The summed E-state index contributed by atoms with van der Waals surface area (Å²) in [5.41, 5.74) is 1.83. The molecule has 5 nitrogen and oxygen atoms in total. The molecule has 0 bridgehead atoms. The summed E-state index contributed by atoms with van der Waals surface area (Å²) in [6.45, 7) is 0. The van der Waals surface area contributed by atoms with E-state index in [4.69, 9.17) is 21.4 Å². The Morgan fingerprint density at radius 2 is 1.84 bits per heavy atom. The lowest BCUT2D eigenvalue weighted by molar-refractivity contribution is 0.383. The predicted octanol–water partition coefficient (Wildman–Crippen LogP) is 6.01. The number of nitrogens with one attached hydrogen (secondary N) is 1. The van der Waals surface area contributed by atoms with E-state index >= 15 is 0 Å². The van der Waals surface area contributed by atoms with Crippen molar-refractivity contribution in [1.82, 2.24) is 10.3 Å². The fourth-order valence-electron chi connectivity index (χ4n) is 3.84. The number of ether oxygens (including phenoxy) is 1. The van der Waals surface area contributed by atoms with Gasteiger partial charge in [-0.3, -0.25) is 4.98 Å². The third-order valence-corrected chi connectivity index (χ3v) is 6.53. The first-order valence-corrected chi connectivity index (χ1v) is 11.4. The van der Waals surface area contributed by atoms with E-state index in [0.29, 0.717) is 5.11 Å². The van der Waals surface area contributed by atoms with Crippen molar-refractivity contribution in [2.75, 3.05) is 12.0 Å². The molecule has 2 aromatic heterocycles. The first-order valence-electron chi connectivity index (χ1n) is 10.2. The second-order valence-corrected chi connectivity index (χ2v) is 8.73. The zero-order chi connectivity index (χ0) is 21.9. The highest BCUT2D eigenvalue weighted by Gasteiger charge is 2.42. The summed E-state index contributed by atoms with van der Waals surface area (Å²) in [7, 11) is 1.66. The van der Waals surface area contributed by atoms with Crippen LogP contribution in [-0.4, -0.2) is 17.2 Å². The SMILES string of the molecule is COc1cccc(N2C(=S)N[C@H](c3ccccn3)[C@H]2c2ccc(Sc3ccccc3)o2)c1. The van der Waals surface area contributed by atoms with Crippen molar-refractivity contribution in [2.45, 2.75) is 22.1 Å². The van der Waals surface area contributed by atoms with E-state index in [1.165, 1.54) is 0 Å². The van der Waals surface area contributed by atoms with Gasteiger partial charge in [-0.25, -0.2) is 0 Å². The van der Waals surface area contributed by atoms with Gasteiger partial charge in [0.1, 0.15) is 17.6 Å². The van der Waals surface area contributed by atoms with Gasteiger partial charge in [-0.05, 0) is 60.7 Å². The maximum Gasteiger partial charge on any atom is 0.174 e. The van der Waals surface area contributed by atoms with Crippen LogP contribution in [0, 0.1) is 0 Å². The molecule has 1 N–H and O–H groups in total. The summed E-state index contributed by atoms with van der Waals surface area (Å²) in [6, 6.07) is 27.6. The van der Waals surface area contributed by atoms with Crippen molar-refractivity contribution in [3.63, 3.8) is 0 Å². The zero-order valence-electron chi connectivity index (χ0n) is 17.3. The van der Waals surface area contributed by atoms with Crippen molar-refractivity contribution in [2.24, 2.45) is 0 Å². The van der Waals surface area contributed by atoms with Gasteiger partial charge >= 0.3 is 0 Å². The van der Waals surface area contributed by atoms with Gasteiger partial charge in [-0.1, -0.05) is 42.1 Å². The fraction of sp³-hybridized carbons (Fsp3) is 0.120. The number of anilines is 1. The Morgan fingerprint density at radius 3 is 2.62 bits per heavy atom. The van der Waals surface area contributed by atoms with Gasteiger partial charge in [0, 0.05) is 22.8 Å². The highest BCUT2D eigenvalue weighted by Crippen LogP contribution is 2.43. The number of benzene rings is 2. The molecule has 0 spiro atoms. The van der Waals surface area contributed by atoms with Crippen LogP contribution in [0.1, 0.15) is 23.5 Å². The van der Waals surface area contributed by atoms with Crippen LogP contribution in [0.2, 0.25) is 0 Å². The van der Waals surface area contributed by atoms with Crippen molar-refractivity contribution in [3.05, 3.63) is 103 Å². The van der Waals surface area contributed by atoms with E-state index in [-0.39, 0.29) is 12.1 Å². The highest BCUT2D eigenvalue weighted by molar-refractivity contribution is 7.99. The molecule has 7 heteroatoms. The van der Waals surface area contributed by atoms with Crippen LogP contribution in [0.15, 0.2) is 106 Å². The van der Waals surface area contributed by atoms with E-state index < -0.39 is 0 Å². The monoisotopic (exact) mass is 459 g/mol. The molecule has 0 radical (unpaired) electrons. The van der Waals surface area contributed by atoms with E-state index in [0.717, 1.165) is 32.9 Å². The van der Waals surface area contributed by atoms with Crippen LogP contribution in [-0.2, 0) is 0 Å². The van der Waals surface area contributed by atoms with Crippen LogP contribution in [0.3, 0.4) is 0 Å². The van der Waals surface area contributed by atoms with Gasteiger partial charge in [-0.15, -0.1) is 0 Å². The first kappa shape index (κ1) is 20.6. The number of nitrogens with zero attached hydrogens (tertiary/aromatic N) is 2. The standard InChI is InChI=1S/C25H21N3O2S2/c1-29-18-9-7-8-17(16-18)28-24(23(27-25(28)31)20-12-5-6-15-26-20)21-13-14-22(30-21)32-19-10-3-2-4-11-19/h2-16,23-24H,1H3,(H,27,31)/t23-,24-/m1/s1. The average molecular weight is 460 g/mol. The van der Waals surface area contributed by atoms with Crippen LogP contribution in [0.4, 0.5) is 5.69 Å². The van der Waals surface area contributed by atoms with E-state index in [2.05, 4.69) is 27.3 Å². The smallest absolute Gasteiger partial charge is 0.174 e. The van der Waals surface area contributed by atoms with Crippen molar-refractivity contribution >= 4 is 34.8 Å².